The highest BCUT2D eigenvalue weighted by molar-refractivity contribution is 7.79. The molecule has 1 nitrogen and oxygen atoms in total. The van der Waals surface area contributed by atoms with Gasteiger partial charge in [0, 0.05) is 11.3 Å². The van der Waals surface area contributed by atoms with Crippen molar-refractivity contribution in [1.29, 1.82) is 0 Å². The van der Waals surface area contributed by atoms with Crippen LogP contribution in [0.4, 0.5) is 0 Å². The number of thiol groups is 1. The molecule has 0 bridgehead atoms. The molecule has 2 heteroatoms. The highest BCUT2D eigenvalue weighted by Crippen LogP contribution is 2.41. The first kappa shape index (κ1) is 18.4. The lowest BCUT2D eigenvalue weighted by Gasteiger charge is -2.29. The van der Waals surface area contributed by atoms with Gasteiger partial charge >= 0.3 is 0 Å². The zero-order chi connectivity index (χ0) is 16.3. The highest BCUT2D eigenvalue weighted by atomic mass is 32.1. The molecule has 1 aromatic rings. The second-order valence-corrected chi connectivity index (χ2v) is 8.38. The Morgan fingerprint density at radius 1 is 0.905 bits per heavy atom. The number of hydrogen-bond donors (Lipinski definition) is 2. The first-order valence-corrected chi connectivity index (χ1v) is 8.69. The lowest BCUT2D eigenvalue weighted by molar-refractivity contribution is 0.422. The Bertz CT molecular complexity index is 456. The minimum Gasteiger partial charge on any atom is -0.507 e. The van der Waals surface area contributed by atoms with E-state index in [0.717, 1.165) is 16.7 Å². The van der Waals surface area contributed by atoms with Gasteiger partial charge in [0.1, 0.15) is 5.75 Å². The molecule has 1 saturated carbocycles. The fourth-order valence-electron chi connectivity index (χ4n) is 2.46. The quantitative estimate of drug-likeness (QED) is 0.612. The summed E-state index contributed by atoms with van der Waals surface area (Å²) in [4.78, 5) is 0. The summed E-state index contributed by atoms with van der Waals surface area (Å²) in [7, 11) is 0. The van der Waals surface area contributed by atoms with Crippen molar-refractivity contribution in [1.82, 2.24) is 0 Å². The molecule has 0 radical (unpaired) electrons. The van der Waals surface area contributed by atoms with Crippen LogP contribution in [-0.2, 0) is 16.6 Å². The van der Waals surface area contributed by atoms with E-state index in [1.165, 1.54) is 25.7 Å². The van der Waals surface area contributed by atoms with Crippen molar-refractivity contribution in [3.63, 3.8) is 0 Å². The monoisotopic (exact) mass is 308 g/mol. The van der Waals surface area contributed by atoms with Gasteiger partial charge in [-0.15, -0.1) is 0 Å². The first-order valence-electron chi connectivity index (χ1n) is 8.05. The minimum absolute atomic E-state index is 0.0424. The predicted octanol–water partition coefficient (Wildman–Crippen LogP) is 5.98. The summed E-state index contributed by atoms with van der Waals surface area (Å²) in [6.07, 6.45) is 6.00. The number of phenolic OH excluding ortho intramolecular Hbond substituents is 1. The number of aromatic hydroxyl groups is 1. The van der Waals surface area contributed by atoms with Gasteiger partial charge in [0.15, 0.2) is 0 Å². The van der Waals surface area contributed by atoms with Crippen LogP contribution < -0.4 is 0 Å². The summed E-state index contributed by atoms with van der Waals surface area (Å²) >= 11 is 4.35. The van der Waals surface area contributed by atoms with E-state index in [4.69, 9.17) is 0 Å². The summed E-state index contributed by atoms with van der Waals surface area (Å²) in [6, 6.07) is 4.12. The van der Waals surface area contributed by atoms with Gasteiger partial charge in [-0.1, -0.05) is 79.4 Å². The Balaban J connectivity index is 0.000000471. The Hall–Kier alpha value is -0.630. The zero-order valence-electron chi connectivity index (χ0n) is 14.6. The van der Waals surface area contributed by atoms with Crippen molar-refractivity contribution < 1.29 is 5.11 Å². The molecule has 0 aliphatic heterocycles. The minimum atomic E-state index is -0.0661. The van der Waals surface area contributed by atoms with E-state index >= 15 is 0 Å². The first-order chi connectivity index (χ1) is 9.59. The summed E-state index contributed by atoms with van der Waals surface area (Å²) in [5.74, 6) is 1.10. The van der Waals surface area contributed by atoms with Crippen molar-refractivity contribution in [2.45, 2.75) is 83.8 Å². The SMILES string of the molecule is C1CCC1.CC(C)(C)c1ccc(CS)c(C(C)(C)C)c1O. The van der Waals surface area contributed by atoms with Gasteiger partial charge in [-0.3, -0.25) is 0 Å². The third-order valence-electron chi connectivity index (χ3n) is 3.99. The smallest absolute Gasteiger partial charge is 0.123 e. The molecule has 1 aliphatic rings. The molecule has 0 heterocycles. The van der Waals surface area contributed by atoms with Gasteiger partial charge in [0.05, 0.1) is 0 Å². The molecule has 0 aromatic heterocycles. The van der Waals surface area contributed by atoms with Gasteiger partial charge in [0.25, 0.3) is 0 Å². The molecule has 0 amide bonds. The third-order valence-corrected chi connectivity index (χ3v) is 4.33. The van der Waals surface area contributed by atoms with Crippen LogP contribution in [0.25, 0.3) is 0 Å². The second-order valence-electron chi connectivity index (χ2n) is 8.07. The number of rotatable bonds is 1. The van der Waals surface area contributed by atoms with Crippen molar-refractivity contribution >= 4 is 12.6 Å². The molecule has 0 unspecified atom stereocenters. The zero-order valence-corrected chi connectivity index (χ0v) is 15.5. The van der Waals surface area contributed by atoms with Gasteiger partial charge in [0.2, 0.25) is 0 Å². The van der Waals surface area contributed by atoms with Gasteiger partial charge in [-0.05, 0) is 22.0 Å². The molecule has 1 aliphatic carbocycles. The lowest BCUT2D eigenvalue weighted by Crippen LogP contribution is -2.18. The molecule has 1 fully saturated rings. The molecule has 0 saturated heterocycles. The van der Waals surface area contributed by atoms with E-state index in [1.54, 1.807) is 0 Å². The van der Waals surface area contributed by atoms with Crippen molar-refractivity contribution in [3.8, 4) is 5.75 Å². The third kappa shape index (κ3) is 4.95. The average molecular weight is 309 g/mol. The number of benzene rings is 1. The van der Waals surface area contributed by atoms with E-state index in [2.05, 4.69) is 60.2 Å². The Labute approximate surface area is 136 Å². The Morgan fingerprint density at radius 2 is 1.38 bits per heavy atom. The van der Waals surface area contributed by atoms with Crippen LogP contribution >= 0.6 is 12.6 Å². The molecule has 1 N–H and O–H groups in total. The number of phenols is 1. The highest BCUT2D eigenvalue weighted by Gasteiger charge is 2.27. The molecule has 120 valence electrons. The Morgan fingerprint density at radius 3 is 1.67 bits per heavy atom. The van der Waals surface area contributed by atoms with Crippen LogP contribution in [0.3, 0.4) is 0 Å². The fraction of sp³-hybridized carbons (Fsp3) is 0.684. The summed E-state index contributed by atoms with van der Waals surface area (Å²) < 4.78 is 0. The van der Waals surface area contributed by atoms with E-state index < -0.39 is 0 Å². The molecular formula is C19H32OS. The molecule has 1 aromatic carbocycles. The average Bonchev–Trinajstić information content (AvgIpc) is 2.22. The molecule has 2 rings (SSSR count). The maximum Gasteiger partial charge on any atom is 0.123 e. The summed E-state index contributed by atoms with van der Waals surface area (Å²) in [5, 5.41) is 10.5. The van der Waals surface area contributed by atoms with E-state index in [9.17, 15) is 5.11 Å². The largest absolute Gasteiger partial charge is 0.507 e. The Kier molecular flexibility index (Phi) is 6.22. The number of hydrogen-bond acceptors (Lipinski definition) is 2. The van der Waals surface area contributed by atoms with Crippen LogP contribution in [-0.4, -0.2) is 5.11 Å². The van der Waals surface area contributed by atoms with E-state index in [-0.39, 0.29) is 10.8 Å². The second kappa shape index (κ2) is 7.09. The van der Waals surface area contributed by atoms with E-state index in [0.29, 0.717) is 11.5 Å². The normalized spacial score (nSPS) is 15.0. The van der Waals surface area contributed by atoms with E-state index in [1.807, 2.05) is 6.07 Å². The maximum absolute atomic E-state index is 10.5. The lowest BCUT2D eigenvalue weighted by atomic mass is 9.77. The van der Waals surface area contributed by atoms with Crippen molar-refractivity contribution in [3.05, 3.63) is 28.8 Å². The topological polar surface area (TPSA) is 20.2 Å². The predicted molar refractivity (Wildman–Crippen MR) is 96.7 cm³/mol. The molecule has 21 heavy (non-hydrogen) atoms. The summed E-state index contributed by atoms with van der Waals surface area (Å²) in [5.41, 5.74) is 3.04. The van der Waals surface area contributed by atoms with Crippen LogP contribution in [0.2, 0.25) is 0 Å². The fourth-order valence-corrected chi connectivity index (χ4v) is 2.72. The molecule has 0 spiro atoms. The van der Waals surface area contributed by atoms with Crippen LogP contribution in [0.1, 0.15) is 83.9 Å². The van der Waals surface area contributed by atoms with Crippen LogP contribution in [0.15, 0.2) is 12.1 Å². The molecular weight excluding hydrogens is 276 g/mol. The standard InChI is InChI=1S/C15H24OS.C4H8/c1-14(2,3)11-8-7-10(9-17)12(13(11)16)15(4,5)6;1-2-4-3-1/h7-8,16-17H,9H2,1-6H3;1-4H2. The van der Waals surface area contributed by atoms with Crippen molar-refractivity contribution in [2.24, 2.45) is 0 Å². The van der Waals surface area contributed by atoms with Crippen LogP contribution in [0, 0.1) is 0 Å². The van der Waals surface area contributed by atoms with Crippen LogP contribution in [0.5, 0.6) is 5.75 Å². The van der Waals surface area contributed by atoms with Crippen molar-refractivity contribution in [2.75, 3.05) is 0 Å². The van der Waals surface area contributed by atoms with Gasteiger partial charge in [-0.25, -0.2) is 0 Å². The maximum atomic E-state index is 10.5. The van der Waals surface area contributed by atoms with Gasteiger partial charge < -0.3 is 5.11 Å². The van der Waals surface area contributed by atoms with Gasteiger partial charge in [-0.2, -0.15) is 12.6 Å². The molecule has 0 atom stereocenters. The summed E-state index contributed by atoms with van der Waals surface area (Å²) in [6.45, 7) is 12.7.